The van der Waals surface area contributed by atoms with Gasteiger partial charge in [-0.2, -0.15) is 0 Å². The Morgan fingerprint density at radius 1 is 1.16 bits per heavy atom. The van der Waals surface area contributed by atoms with E-state index in [1.54, 1.807) is 0 Å². The van der Waals surface area contributed by atoms with Crippen molar-refractivity contribution in [1.82, 2.24) is 0 Å². The lowest BCUT2D eigenvalue weighted by Gasteiger charge is -2.35. The molecule has 1 fully saturated rings. The quantitative estimate of drug-likeness (QED) is 0.726. The van der Waals surface area contributed by atoms with Crippen molar-refractivity contribution in [2.75, 3.05) is 11.4 Å². The first-order valence-corrected chi connectivity index (χ1v) is 7.67. The molecule has 1 aromatic rings. The lowest BCUT2D eigenvalue weighted by atomic mass is 9.89. The second-order valence-electron chi connectivity index (χ2n) is 5.74. The largest absolute Gasteiger partial charge is 0.355 e. The first kappa shape index (κ1) is 14.4. The van der Waals surface area contributed by atoms with E-state index in [0.717, 1.165) is 12.5 Å². The molecule has 0 spiro atoms. The number of nitrogens with zero attached hydrogens (tertiary/aromatic N) is 1. The van der Waals surface area contributed by atoms with Gasteiger partial charge in [0, 0.05) is 12.2 Å². The highest BCUT2D eigenvalue weighted by Gasteiger charge is 2.22. The molecule has 0 aliphatic heterocycles. The van der Waals surface area contributed by atoms with Gasteiger partial charge in [0.1, 0.15) is 6.23 Å². The Morgan fingerprint density at radius 3 is 2.37 bits per heavy atom. The second-order valence-corrected chi connectivity index (χ2v) is 5.74. The van der Waals surface area contributed by atoms with E-state index < -0.39 is 0 Å². The van der Waals surface area contributed by atoms with Crippen LogP contribution in [0.5, 0.6) is 0 Å². The van der Waals surface area contributed by atoms with E-state index in [-0.39, 0.29) is 6.23 Å². The van der Waals surface area contributed by atoms with Crippen LogP contribution >= 0.6 is 0 Å². The molecule has 0 heterocycles. The number of hydrogen-bond acceptors (Lipinski definition) is 2. The zero-order valence-corrected chi connectivity index (χ0v) is 12.5. The van der Waals surface area contributed by atoms with E-state index >= 15 is 0 Å². The van der Waals surface area contributed by atoms with Crippen LogP contribution in [0, 0.1) is 5.92 Å². The molecule has 2 heteroatoms. The molecule has 0 amide bonds. The molecule has 0 bridgehead atoms. The van der Waals surface area contributed by atoms with Gasteiger partial charge < -0.3 is 9.64 Å². The Morgan fingerprint density at radius 2 is 1.79 bits per heavy atom. The van der Waals surface area contributed by atoms with E-state index in [1.165, 1.54) is 31.4 Å². The van der Waals surface area contributed by atoms with Crippen molar-refractivity contribution in [1.29, 1.82) is 0 Å². The van der Waals surface area contributed by atoms with Crippen molar-refractivity contribution >= 4 is 5.69 Å². The fourth-order valence-corrected chi connectivity index (χ4v) is 2.99. The summed E-state index contributed by atoms with van der Waals surface area (Å²) in [6, 6.07) is 10.6. The second kappa shape index (κ2) is 6.95. The van der Waals surface area contributed by atoms with Crippen LogP contribution in [0.3, 0.4) is 0 Å². The van der Waals surface area contributed by atoms with Gasteiger partial charge in [-0.25, -0.2) is 0 Å². The van der Waals surface area contributed by atoms with Crippen LogP contribution in [0.15, 0.2) is 30.3 Å². The summed E-state index contributed by atoms with van der Waals surface area (Å²) in [5.41, 5.74) is 1.25. The molecule has 0 N–H and O–H groups in total. The van der Waals surface area contributed by atoms with Crippen LogP contribution in [0.25, 0.3) is 0 Å². The van der Waals surface area contributed by atoms with Gasteiger partial charge in [0.05, 0.1) is 6.10 Å². The van der Waals surface area contributed by atoms with Crippen LogP contribution < -0.4 is 4.90 Å². The third-order valence-corrected chi connectivity index (χ3v) is 4.22. The molecule has 2 nitrogen and oxygen atoms in total. The molecule has 0 saturated heterocycles. The fraction of sp³-hybridized carbons (Fsp3) is 0.647. The van der Waals surface area contributed by atoms with Crippen LogP contribution in [0.2, 0.25) is 0 Å². The van der Waals surface area contributed by atoms with Gasteiger partial charge in [-0.1, -0.05) is 25.1 Å². The summed E-state index contributed by atoms with van der Waals surface area (Å²) in [5.74, 6) is 0.881. The molecule has 106 valence electrons. The number of rotatable bonds is 5. The summed E-state index contributed by atoms with van der Waals surface area (Å²) in [6.45, 7) is 7.70. The van der Waals surface area contributed by atoms with Crippen molar-refractivity contribution in [3.63, 3.8) is 0 Å². The molecule has 1 aliphatic rings. The predicted octanol–water partition coefficient (Wildman–Crippen LogP) is 4.45. The molecule has 1 atom stereocenters. The first-order chi connectivity index (χ1) is 9.20. The van der Waals surface area contributed by atoms with Gasteiger partial charge in [0.15, 0.2) is 0 Å². The van der Waals surface area contributed by atoms with E-state index in [4.69, 9.17) is 4.74 Å². The highest BCUT2D eigenvalue weighted by Crippen LogP contribution is 2.27. The lowest BCUT2D eigenvalue weighted by Crippen LogP contribution is -2.38. The summed E-state index contributed by atoms with van der Waals surface area (Å²) < 4.78 is 6.27. The minimum absolute atomic E-state index is 0.158. The fourth-order valence-electron chi connectivity index (χ4n) is 2.99. The van der Waals surface area contributed by atoms with Gasteiger partial charge in [-0.05, 0) is 57.6 Å². The van der Waals surface area contributed by atoms with Crippen molar-refractivity contribution in [2.45, 2.75) is 58.8 Å². The Hall–Kier alpha value is -1.02. The van der Waals surface area contributed by atoms with E-state index in [1.807, 2.05) is 0 Å². The molecular weight excluding hydrogens is 234 g/mol. The van der Waals surface area contributed by atoms with Crippen molar-refractivity contribution in [3.05, 3.63) is 30.3 Å². The Bertz CT molecular complexity index is 357. The third-order valence-electron chi connectivity index (χ3n) is 4.22. The summed E-state index contributed by atoms with van der Waals surface area (Å²) in [7, 11) is 0. The molecule has 19 heavy (non-hydrogen) atoms. The van der Waals surface area contributed by atoms with E-state index in [9.17, 15) is 0 Å². The van der Waals surface area contributed by atoms with Crippen molar-refractivity contribution in [3.8, 4) is 0 Å². The van der Waals surface area contributed by atoms with E-state index in [2.05, 4.69) is 56.0 Å². The Kier molecular flexibility index (Phi) is 5.26. The maximum Gasteiger partial charge on any atom is 0.127 e. The van der Waals surface area contributed by atoms with Crippen LogP contribution in [-0.2, 0) is 4.74 Å². The molecule has 0 radical (unpaired) electrons. The Labute approximate surface area is 117 Å². The van der Waals surface area contributed by atoms with E-state index in [0.29, 0.717) is 6.10 Å². The van der Waals surface area contributed by atoms with Crippen molar-refractivity contribution < 1.29 is 4.74 Å². The summed E-state index contributed by atoms with van der Waals surface area (Å²) in [4.78, 5) is 2.33. The molecule has 1 saturated carbocycles. The molecule has 1 aromatic carbocycles. The van der Waals surface area contributed by atoms with Gasteiger partial charge in [-0.15, -0.1) is 0 Å². The number of hydrogen-bond donors (Lipinski definition) is 0. The number of ether oxygens (including phenoxy) is 1. The Balaban J connectivity index is 1.92. The highest BCUT2D eigenvalue weighted by atomic mass is 16.5. The monoisotopic (exact) mass is 261 g/mol. The normalized spacial score (nSPS) is 25.0. The maximum absolute atomic E-state index is 6.27. The van der Waals surface area contributed by atoms with Crippen LogP contribution in [-0.4, -0.2) is 18.9 Å². The minimum atomic E-state index is 0.158. The highest BCUT2D eigenvalue weighted by molar-refractivity contribution is 5.46. The number of para-hydroxylation sites is 1. The maximum atomic E-state index is 6.27. The number of benzene rings is 1. The predicted molar refractivity (Wildman–Crippen MR) is 81.4 cm³/mol. The van der Waals surface area contributed by atoms with Gasteiger partial charge in [-0.3, -0.25) is 0 Å². The third kappa shape index (κ3) is 3.97. The van der Waals surface area contributed by atoms with Gasteiger partial charge in [0.2, 0.25) is 0 Å². The summed E-state index contributed by atoms with van der Waals surface area (Å²) in [5, 5.41) is 0. The number of anilines is 1. The summed E-state index contributed by atoms with van der Waals surface area (Å²) >= 11 is 0. The SMILES string of the molecule is CCN(c1ccccc1)C(C)OC1CCC(C)CC1. The average molecular weight is 261 g/mol. The topological polar surface area (TPSA) is 12.5 Å². The molecule has 2 rings (SSSR count). The minimum Gasteiger partial charge on any atom is -0.355 e. The zero-order chi connectivity index (χ0) is 13.7. The van der Waals surface area contributed by atoms with Gasteiger partial charge >= 0.3 is 0 Å². The zero-order valence-electron chi connectivity index (χ0n) is 12.5. The molecule has 1 unspecified atom stereocenters. The smallest absolute Gasteiger partial charge is 0.127 e. The standard InChI is InChI=1S/C17H27NO/c1-4-18(16-8-6-5-7-9-16)15(3)19-17-12-10-14(2)11-13-17/h5-9,14-15,17H,4,10-13H2,1-3H3. The van der Waals surface area contributed by atoms with Crippen LogP contribution in [0.4, 0.5) is 5.69 Å². The lowest BCUT2D eigenvalue weighted by molar-refractivity contribution is -0.0274. The molecule has 0 aromatic heterocycles. The first-order valence-electron chi connectivity index (χ1n) is 7.67. The average Bonchev–Trinajstić information content (AvgIpc) is 2.43. The van der Waals surface area contributed by atoms with Gasteiger partial charge in [0.25, 0.3) is 0 Å². The summed E-state index contributed by atoms with van der Waals surface area (Å²) in [6.07, 6.45) is 5.68. The molecule has 1 aliphatic carbocycles. The van der Waals surface area contributed by atoms with Crippen LogP contribution in [0.1, 0.15) is 46.5 Å². The van der Waals surface area contributed by atoms with Crippen molar-refractivity contribution in [2.24, 2.45) is 5.92 Å². The molecular formula is C17H27NO.